The van der Waals surface area contributed by atoms with Gasteiger partial charge in [0, 0.05) is 24.2 Å². The second-order valence-electron chi connectivity index (χ2n) is 7.59. The van der Waals surface area contributed by atoms with E-state index in [1.54, 1.807) is 55.6 Å². The molecule has 0 aliphatic rings. The van der Waals surface area contributed by atoms with Crippen LogP contribution in [0.4, 0.5) is 0 Å². The third-order valence-corrected chi connectivity index (χ3v) is 7.36. The van der Waals surface area contributed by atoms with Crippen LogP contribution in [0.15, 0.2) is 65.6 Å². The number of methoxy groups -OCH3 is 2. The van der Waals surface area contributed by atoms with Crippen molar-refractivity contribution in [2.45, 2.75) is 11.3 Å². The van der Waals surface area contributed by atoms with E-state index in [0.717, 1.165) is 0 Å². The smallest absolute Gasteiger partial charge is 0.264 e. The van der Waals surface area contributed by atoms with E-state index in [4.69, 9.17) is 33.3 Å². The van der Waals surface area contributed by atoms with Gasteiger partial charge in [-0.05, 0) is 66.2 Å². The van der Waals surface area contributed by atoms with Gasteiger partial charge in [-0.25, -0.2) is 8.42 Å². The molecular formula is C25H26ClN3O5S2. The predicted octanol–water partition coefficient (Wildman–Crippen LogP) is 3.78. The number of ether oxygens (including phenoxy) is 2. The van der Waals surface area contributed by atoms with Crippen molar-refractivity contribution >= 4 is 44.9 Å². The highest BCUT2D eigenvalue weighted by atomic mass is 35.5. The normalized spacial score (nSPS) is 10.9. The average molecular weight is 548 g/mol. The van der Waals surface area contributed by atoms with Crippen LogP contribution in [-0.2, 0) is 16.4 Å². The third kappa shape index (κ3) is 6.66. The van der Waals surface area contributed by atoms with Crippen LogP contribution in [0.2, 0.25) is 5.02 Å². The molecule has 0 bridgehead atoms. The number of amides is 1. The van der Waals surface area contributed by atoms with E-state index in [1.165, 1.54) is 20.2 Å². The van der Waals surface area contributed by atoms with E-state index in [-0.39, 0.29) is 22.5 Å². The Morgan fingerprint density at radius 1 is 1.00 bits per heavy atom. The fourth-order valence-corrected chi connectivity index (χ4v) is 5.19. The van der Waals surface area contributed by atoms with Crippen LogP contribution in [0.1, 0.15) is 15.9 Å². The van der Waals surface area contributed by atoms with Gasteiger partial charge in [0.15, 0.2) is 5.11 Å². The Bertz CT molecular complexity index is 1360. The van der Waals surface area contributed by atoms with Crippen LogP contribution in [0.5, 0.6) is 11.5 Å². The zero-order valence-corrected chi connectivity index (χ0v) is 22.3. The molecule has 3 N–H and O–H groups in total. The number of benzene rings is 3. The van der Waals surface area contributed by atoms with E-state index in [0.29, 0.717) is 45.2 Å². The average Bonchev–Trinajstić information content (AvgIpc) is 2.88. The minimum Gasteiger partial charge on any atom is -0.497 e. The van der Waals surface area contributed by atoms with E-state index in [2.05, 4.69) is 15.4 Å². The molecule has 1 amide bonds. The number of carbonyl (C=O) groups excluding carboxylic acids is 1. The molecule has 36 heavy (non-hydrogen) atoms. The Balaban J connectivity index is 1.86. The Labute approximate surface area is 221 Å². The number of halogens is 1. The van der Waals surface area contributed by atoms with Gasteiger partial charge >= 0.3 is 0 Å². The molecule has 3 aromatic rings. The molecule has 0 aromatic heterocycles. The lowest BCUT2D eigenvalue weighted by Crippen LogP contribution is -2.37. The molecule has 0 fully saturated rings. The number of hydrogen-bond donors (Lipinski definition) is 3. The molecule has 0 aliphatic carbocycles. The van der Waals surface area contributed by atoms with E-state index >= 15 is 0 Å². The van der Waals surface area contributed by atoms with Gasteiger partial charge in [0.1, 0.15) is 11.5 Å². The second-order valence-corrected chi connectivity index (χ2v) is 10.1. The number of rotatable bonds is 9. The summed E-state index contributed by atoms with van der Waals surface area (Å²) in [5.74, 6) is 0.708. The lowest BCUT2D eigenvalue weighted by atomic mass is 10.0. The summed E-state index contributed by atoms with van der Waals surface area (Å²) in [7, 11) is 0.572. The number of carbonyl (C=O) groups is 1. The van der Waals surface area contributed by atoms with E-state index in [9.17, 15) is 13.2 Å². The third-order valence-electron chi connectivity index (χ3n) is 5.30. The fourth-order valence-electron chi connectivity index (χ4n) is 3.45. The predicted molar refractivity (Wildman–Crippen MR) is 144 cm³/mol. The van der Waals surface area contributed by atoms with Gasteiger partial charge in [-0.3, -0.25) is 9.52 Å². The number of nitrogens with one attached hydrogen (secondary N) is 3. The Kier molecular flexibility index (Phi) is 9.14. The largest absolute Gasteiger partial charge is 0.497 e. The fraction of sp³-hybridized carbons (Fsp3) is 0.200. The zero-order chi connectivity index (χ0) is 26.3. The first-order valence-corrected chi connectivity index (χ1v) is 13.1. The molecule has 0 atom stereocenters. The van der Waals surface area contributed by atoms with Crippen molar-refractivity contribution in [1.82, 2.24) is 15.4 Å². The first kappa shape index (κ1) is 27.3. The van der Waals surface area contributed by atoms with Crippen molar-refractivity contribution in [3.63, 3.8) is 0 Å². The van der Waals surface area contributed by atoms with Gasteiger partial charge in [0.25, 0.3) is 15.9 Å². The van der Waals surface area contributed by atoms with Crippen molar-refractivity contribution < 1.29 is 22.7 Å². The van der Waals surface area contributed by atoms with Crippen molar-refractivity contribution in [3.05, 3.63) is 76.8 Å². The second kappa shape index (κ2) is 12.1. The number of hydrogen-bond acceptors (Lipinski definition) is 6. The van der Waals surface area contributed by atoms with Gasteiger partial charge in [-0.15, -0.1) is 0 Å². The summed E-state index contributed by atoms with van der Waals surface area (Å²) in [5, 5.41) is 5.82. The summed E-state index contributed by atoms with van der Waals surface area (Å²) in [5.41, 5.74) is 2.22. The lowest BCUT2D eigenvalue weighted by molar-refractivity contribution is 0.0951. The molecule has 0 spiro atoms. The number of sulfonamides is 1. The molecular weight excluding hydrogens is 522 g/mol. The molecule has 0 unspecified atom stereocenters. The topological polar surface area (TPSA) is 106 Å². The molecule has 8 nitrogen and oxygen atoms in total. The summed E-state index contributed by atoms with van der Waals surface area (Å²) in [6.45, 7) is 0.262. The van der Waals surface area contributed by atoms with Gasteiger partial charge in [-0.2, -0.15) is 0 Å². The van der Waals surface area contributed by atoms with Crippen LogP contribution in [0.25, 0.3) is 11.1 Å². The maximum absolute atomic E-state index is 13.2. The summed E-state index contributed by atoms with van der Waals surface area (Å²) < 4.78 is 39.2. The molecule has 0 aliphatic heterocycles. The quantitative estimate of drug-likeness (QED) is 0.350. The highest BCUT2D eigenvalue weighted by molar-refractivity contribution is 7.92. The molecule has 0 saturated heterocycles. The summed E-state index contributed by atoms with van der Waals surface area (Å²) in [4.78, 5) is 12.7. The molecule has 11 heteroatoms. The van der Waals surface area contributed by atoms with Crippen molar-refractivity contribution in [1.29, 1.82) is 0 Å². The molecule has 190 valence electrons. The monoisotopic (exact) mass is 547 g/mol. The minimum absolute atomic E-state index is 0.0242. The van der Waals surface area contributed by atoms with E-state index < -0.39 is 10.0 Å². The molecule has 0 heterocycles. The van der Waals surface area contributed by atoms with Crippen molar-refractivity contribution in [3.8, 4) is 22.6 Å². The van der Waals surface area contributed by atoms with Crippen molar-refractivity contribution in [2.75, 3.05) is 27.8 Å². The maximum atomic E-state index is 13.2. The number of thiocarbonyl (C=S) groups is 1. The zero-order valence-electron chi connectivity index (χ0n) is 19.9. The standard InChI is InChI=1S/C25H26ClN3O5S2/c1-27-25(35)29-36(31,32)23-14-16(4-10-20(23)17-5-8-19(33-2)9-6-17)12-13-28-24(30)21-15-18(26)7-11-22(21)34-3/h4-11,14-15H,12-13H2,1-3H3,(H,28,30)(H2,27,29,35). The molecule has 0 saturated carbocycles. The highest BCUT2D eigenvalue weighted by Gasteiger charge is 2.21. The lowest BCUT2D eigenvalue weighted by Gasteiger charge is -2.15. The highest BCUT2D eigenvalue weighted by Crippen LogP contribution is 2.30. The summed E-state index contributed by atoms with van der Waals surface area (Å²) >= 11 is 11.0. The van der Waals surface area contributed by atoms with Gasteiger partial charge in [0.2, 0.25) is 0 Å². The Hall–Kier alpha value is -3.34. The molecule has 3 rings (SSSR count). The van der Waals surface area contributed by atoms with Crippen LogP contribution < -0.4 is 24.8 Å². The molecule has 0 radical (unpaired) electrons. The molecule has 3 aromatic carbocycles. The van der Waals surface area contributed by atoms with Gasteiger partial charge < -0.3 is 20.1 Å². The van der Waals surface area contributed by atoms with Gasteiger partial charge in [-0.1, -0.05) is 35.9 Å². The first-order valence-electron chi connectivity index (χ1n) is 10.8. The summed E-state index contributed by atoms with van der Waals surface area (Å²) in [6, 6.07) is 17.0. The Morgan fingerprint density at radius 2 is 1.72 bits per heavy atom. The van der Waals surface area contributed by atoms with E-state index in [1.807, 2.05) is 6.07 Å². The van der Waals surface area contributed by atoms with Crippen molar-refractivity contribution in [2.24, 2.45) is 0 Å². The van der Waals surface area contributed by atoms with Crippen LogP contribution >= 0.6 is 23.8 Å². The first-order chi connectivity index (χ1) is 17.2. The Morgan fingerprint density at radius 3 is 2.36 bits per heavy atom. The SMILES string of the molecule is CNC(=S)NS(=O)(=O)c1cc(CCNC(=O)c2cc(Cl)ccc2OC)ccc1-c1ccc(OC)cc1. The summed E-state index contributed by atoms with van der Waals surface area (Å²) in [6.07, 6.45) is 0.385. The minimum atomic E-state index is -3.99. The maximum Gasteiger partial charge on any atom is 0.264 e. The van der Waals surface area contributed by atoms with Gasteiger partial charge in [0.05, 0.1) is 24.7 Å². The van der Waals surface area contributed by atoms with Crippen LogP contribution in [-0.4, -0.2) is 47.2 Å². The van der Waals surface area contributed by atoms with Crippen LogP contribution in [0, 0.1) is 0 Å². The van der Waals surface area contributed by atoms with Crippen LogP contribution in [0.3, 0.4) is 0 Å².